The molecule has 76 valence electrons. The molecule has 1 N–H and O–H groups in total. The third kappa shape index (κ3) is 3.81. The van der Waals surface area contributed by atoms with Gasteiger partial charge in [0.1, 0.15) is 5.82 Å². The molecule has 0 bridgehead atoms. The van der Waals surface area contributed by atoms with Crippen molar-refractivity contribution in [2.75, 3.05) is 6.54 Å². The van der Waals surface area contributed by atoms with Crippen molar-refractivity contribution in [3.63, 3.8) is 0 Å². The lowest BCUT2D eigenvalue weighted by atomic mass is 10.1. The largest absolute Gasteiger partial charge is 0.312 e. The van der Waals surface area contributed by atoms with E-state index in [9.17, 15) is 4.39 Å². The summed E-state index contributed by atoms with van der Waals surface area (Å²) in [6.07, 6.45) is 5.72. The van der Waals surface area contributed by atoms with Crippen LogP contribution in [0.15, 0.2) is 18.2 Å². The first-order chi connectivity index (χ1) is 7.26. The number of nitrogens with zero attached hydrogens (tertiary/aromatic N) is 1. The van der Waals surface area contributed by atoms with Crippen LogP contribution in [-0.4, -0.2) is 6.54 Å². The summed E-state index contributed by atoms with van der Waals surface area (Å²) >= 11 is 0. The van der Waals surface area contributed by atoms with E-state index in [1.807, 2.05) is 6.07 Å². The summed E-state index contributed by atoms with van der Waals surface area (Å²) in [5.41, 5.74) is 1.09. The van der Waals surface area contributed by atoms with Crippen molar-refractivity contribution in [2.45, 2.75) is 13.0 Å². The fraction of sp³-hybridized carbons (Fsp3) is 0.250. The summed E-state index contributed by atoms with van der Waals surface area (Å²) in [7, 11) is 0. The van der Waals surface area contributed by atoms with Crippen molar-refractivity contribution in [3.05, 3.63) is 35.1 Å². The monoisotopic (exact) mass is 202 g/mol. The quantitative estimate of drug-likeness (QED) is 0.597. The maximum atomic E-state index is 13.0. The van der Waals surface area contributed by atoms with E-state index in [4.69, 9.17) is 11.7 Å². The summed E-state index contributed by atoms with van der Waals surface area (Å²) < 4.78 is 13.0. The van der Waals surface area contributed by atoms with E-state index in [0.717, 1.165) is 5.56 Å². The van der Waals surface area contributed by atoms with Crippen LogP contribution in [-0.2, 0) is 6.54 Å². The van der Waals surface area contributed by atoms with E-state index in [0.29, 0.717) is 25.1 Å². The van der Waals surface area contributed by atoms with Gasteiger partial charge in [-0.25, -0.2) is 4.39 Å². The van der Waals surface area contributed by atoms with Gasteiger partial charge >= 0.3 is 0 Å². The minimum Gasteiger partial charge on any atom is -0.312 e. The lowest BCUT2D eigenvalue weighted by Crippen LogP contribution is -2.14. The Morgan fingerprint density at radius 3 is 2.87 bits per heavy atom. The van der Waals surface area contributed by atoms with Gasteiger partial charge in [-0.15, -0.1) is 12.3 Å². The van der Waals surface area contributed by atoms with Gasteiger partial charge in [0.25, 0.3) is 0 Å². The highest BCUT2D eigenvalue weighted by Crippen LogP contribution is 2.08. The number of hydrogen-bond donors (Lipinski definition) is 1. The molecule has 1 aromatic carbocycles. The van der Waals surface area contributed by atoms with E-state index < -0.39 is 0 Å². The van der Waals surface area contributed by atoms with Gasteiger partial charge in [-0.1, -0.05) is 0 Å². The van der Waals surface area contributed by atoms with Gasteiger partial charge in [-0.3, -0.25) is 0 Å². The minimum atomic E-state index is -0.386. The molecule has 2 nitrogen and oxygen atoms in total. The van der Waals surface area contributed by atoms with Crippen molar-refractivity contribution in [3.8, 4) is 18.4 Å². The van der Waals surface area contributed by atoms with Gasteiger partial charge < -0.3 is 5.32 Å². The predicted octanol–water partition coefficient (Wildman–Crippen LogP) is 1.81. The molecule has 0 heterocycles. The van der Waals surface area contributed by atoms with Crippen molar-refractivity contribution in [2.24, 2.45) is 0 Å². The van der Waals surface area contributed by atoms with Crippen LogP contribution in [0.1, 0.15) is 17.5 Å². The fourth-order valence-corrected chi connectivity index (χ4v) is 1.21. The van der Waals surface area contributed by atoms with E-state index in [2.05, 4.69) is 11.2 Å². The third-order valence-corrected chi connectivity index (χ3v) is 1.86. The van der Waals surface area contributed by atoms with Gasteiger partial charge in [-0.2, -0.15) is 5.26 Å². The average molecular weight is 202 g/mol. The molecule has 0 atom stereocenters. The molecule has 0 amide bonds. The zero-order valence-corrected chi connectivity index (χ0v) is 8.26. The highest BCUT2D eigenvalue weighted by atomic mass is 19.1. The van der Waals surface area contributed by atoms with Crippen LogP contribution in [0.25, 0.3) is 0 Å². The Morgan fingerprint density at radius 2 is 2.20 bits per heavy atom. The van der Waals surface area contributed by atoms with Crippen LogP contribution in [0.4, 0.5) is 4.39 Å². The Bertz CT molecular complexity index is 413. The number of nitrogens with one attached hydrogen (secondary N) is 1. The molecule has 0 fully saturated rings. The maximum Gasteiger partial charge on any atom is 0.124 e. The predicted molar refractivity (Wildman–Crippen MR) is 56.3 cm³/mol. The second-order valence-corrected chi connectivity index (χ2v) is 3.09. The first-order valence-electron chi connectivity index (χ1n) is 4.60. The SMILES string of the molecule is C#CCCNCc1cc(F)cc(C#N)c1. The van der Waals surface area contributed by atoms with E-state index >= 15 is 0 Å². The summed E-state index contributed by atoms with van der Waals surface area (Å²) in [5, 5.41) is 11.7. The zero-order valence-electron chi connectivity index (χ0n) is 8.26. The molecule has 0 saturated heterocycles. The average Bonchev–Trinajstić information content (AvgIpc) is 2.23. The molecule has 0 aromatic heterocycles. The van der Waals surface area contributed by atoms with Gasteiger partial charge in [0.2, 0.25) is 0 Å². The van der Waals surface area contributed by atoms with E-state index in [1.54, 1.807) is 6.07 Å². The standard InChI is InChI=1S/C12H11FN2/c1-2-3-4-15-9-11-5-10(8-14)6-12(13)7-11/h1,5-7,15H,3-4,9H2. The third-order valence-electron chi connectivity index (χ3n) is 1.86. The topological polar surface area (TPSA) is 35.8 Å². The van der Waals surface area contributed by atoms with Crippen LogP contribution in [0.3, 0.4) is 0 Å². The summed E-state index contributed by atoms with van der Waals surface area (Å²) in [6, 6.07) is 6.19. The number of hydrogen-bond acceptors (Lipinski definition) is 2. The van der Waals surface area contributed by atoms with E-state index in [1.165, 1.54) is 12.1 Å². The van der Waals surface area contributed by atoms with Gasteiger partial charge in [0.05, 0.1) is 11.6 Å². The molecule has 15 heavy (non-hydrogen) atoms. The minimum absolute atomic E-state index is 0.337. The van der Waals surface area contributed by atoms with Crippen molar-refractivity contribution in [1.29, 1.82) is 5.26 Å². The number of terminal acetylenes is 1. The van der Waals surface area contributed by atoms with Crippen LogP contribution < -0.4 is 5.32 Å². The molecule has 3 heteroatoms. The molecule has 1 rings (SSSR count). The molecule has 1 aromatic rings. The Labute approximate surface area is 88.7 Å². The summed E-state index contributed by atoms with van der Waals surface area (Å²) in [4.78, 5) is 0. The molecule has 0 aliphatic rings. The van der Waals surface area contributed by atoms with Crippen LogP contribution in [0.2, 0.25) is 0 Å². The second-order valence-electron chi connectivity index (χ2n) is 3.09. The normalized spacial score (nSPS) is 9.27. The summed E-state index contributed by atoms with van der Waals surface area (Å²) in [6.45, 7) is 1.21. The first-order valence-corrected chi connectivity index (χ1v) is 4.60. The number of halogens is 1. The molecule has 0 aliphatic carbocycles. The fourth-order valence-electron chi connectivity index (χ4n) is 1.21. The van der Waals surface area contributed by atoms with Crippen molar-refractivity contribution in [1.82, 2.24) is 5.32 Å². The molecule has 0 radical (unpaired) electrons. The van der Waals surface area contributed by atoms with Gasteiger partial charge in [0.15, 0.2) is 0 Å². The van der Waals surface area contributed by atoms with Crippen LogP contribution in [0, 0.1) is 29.5 Å². The van der Waals surface area contributed by atoms with Crippen LogP contribution in [0.5, 0.6) is 0 Å². The molecular weight excluding hydrogens is 191 g/mol. The Kier molecular flexibility index (Phi) is 4.34. The zero-order chi connectivity index (χ0) is 11.1. The first kappa shape index (κ1) is 11.2. The van der Waals surface area contributed by atoms with Crippen molar-refractivity contribution < 1.29 is 4.39 Å². The lowest BCUT2D eigenvalue weighted by molar-refractivity contribution is 0.620. The number of rotatable bonds is 4. The second kappa shape index (κ2) is 5.80. The maximum absolute atomic E-state index is 13.0. The molecule has 0 saturated carbocycles. The smallest absolute Gasteiger partial charge is 0.124 e. The molecule has 0 aliphatic heterocycles. The number of nitriles is 1. The van der Waals surface area contributed by atoms with Crippen LogP contribution >= 0.6 is 0 Å². The van der Waals surface area contributed by atoms with Crippen molar-refractivity contribution >= 4 is 0 Å². The highest BCUT2D eigenvalue weighted by molar-refractivity contribution is 5.33. The Balaban J connectivity index is 2.58. The van der Waals surface area contributed by atoms with Gasteiger partial charge in [0, 0.05) is 19.5 Å². The lowest BCUT2D eigenvalue weighted by Gasteiger charge is -2.03. The molecule has 0 unspecified atom stereocenters. The molecular formula is C12H11FN2. The van der Waals surface area contributed by atoms with E-state index in [-0.39, 0.29) is 5.82 Å². The Morgan fingerprint density at radius 1 is 1.40 bits per heavy atom. The summed E-state index contributed by atoms with van der Waals surface area (Å²) in [5.74, 6) is 2.11. The number of benzene rings is 1. The highest BCUT2D eigenvalue weighted by Gasteiger charge is 1.99. The Hall–Kier alpha value is -1.84. The van der Waals surface area contributed by atoms with Gasteiger partial charge in [-0.05, 0) is 23.8 Å². The molecule has 0 spiro atoms.